The van der Waals surface area contributed by atoms with Crippen LogP contribution in [0.2, 0.25) is 5.02 Å². The molecule has 0 spiro atoms. The van der Waals surface area contributed by atoms with Crippen LogP contribution in [0.4, 0.5) is 0 Å². The molecular weight excluding hydrogens is 247 g/mol. The van der Waals surface area contributed by atoms with Crippen molar-refractivity contribution in [3.8, 4) is 0 Å². The molecule has 1 rings (SSSR count). The predicted molar refractivity (Wildman–Crippen MR) is 62.6 cm³/mol. The normalized spacial score (nSPS) is 10.4. The first-order valence-electron chi connectivity index (χ1n) is 4.40. The van der Waals surface area contributed by atoms with E-state index in [1.165, 1.54) is 11.1 Å². The van der Waals surface area contributed by atoms with E-state index in [1.54, 1.807) is 0 Å². The summed E-state index contributed by atoms with van der Waals surface area (Å²) in [7, 11) is 0. The first-order valence-corrected chi connectivity index (χ1v) is 5.90. The monoisotopic (exact) mass is 259 g/mol. The van der Waals surface area contributed by atoms with Gasteiger partial charge in [-0.15, -0.1) is 0 Å². The second kappa shape index (κ2) is 5.66. The lowest BCUT2D eigenvalue weighted by atomic mass is 10.1. The number of aryl methyl sites for hydroxylation is 2. The van der Waals surface area contributed by atoms with Crippen molar-refractivity contribution < 1.29 is 0 Å². The third kappa shape index (κ3) is 3.32. The maximum atomic E-state index is 6.04. The van der Waals surface area contributed by atoms with Crippen molar-refractivity contribution in [2.45, 2.75) is 19.3 Å². The van der Waals surface area contributed by atoms with E-state index in [1.807, 2.05) is 6.07 Å². The van der Waals surface area contributed by atoms with Crippen molar-refractivity contribution in [1.29, 1.82) is 0 Å². The topological polar surface area (TPSA) is 0 Å². The van der Waals surface area contributed by atoms with Crippen molar-refractivity contribution in [2.75, 3.05) is 5.33 Å². The zero-order valence-corrected chi connectivity index (χ0v) is 9.87. The summed E-state index contributed by atoms with van der Waals surface area (Å²) in [6.45, 7) is 3.84. The van der Waals surface area contributed by atoms with Gasteiger partial charge in [-0.25, -0.2) is 0 Å². The van der Waals surface area contributed by atoms with E-state index < -0.39 is 0 Å². The lowest BCUT2D eigenvalue weighted by Gasteiger charge is -2.05. The number of benzene rings is 1. The Morgan fingerprint density at radius 3 is 2.69 bits per heavy atom. The third-order valence-corrected chi connectivity index (χ3v) is 2.70. The van der Waals surface area contributed by atoms with Crippen LogP contribution in [0, 0.1) is 6.92 Å². The van der Waals surface area contributed by atoms with Crippen LogP contribution in [0.1, 0.15) is 17.5 Å². The Balaban J connectivity index is 2.83. The van der Waals surface area contributed by atoms with Gasteiger partial charge in [-0.05, 0) is 36.5 Å². The first-order chi connectivity index (χ1) is 6.27. The summed E-state index contributed by atoms with van der Waals surface area (Å²) in [5.74, 6) is 0. The summed E-state index contributed by atoms with van der Waals surface area (Å²) in [5.41, 5.74) is 2.56. The Morgan fingerprint density at radius 1 is 1.31 bits per heavy atom. The van der Waals surface area contributed by atoms with E-state index in [0.29, 0.717) is 0 Å². The van der Waals surface area contributed by atoms with Crippen LogP contribution in [0.25, 0.3) is 0 Å². The minimum absolute atomic E-state index is 0.868. The van der Waals surface area contributed by atoms with Gasteiger partial charge < -0.3 is 0 Å². The molecule has 0 amide bonds. The van der Waals surface area contributed by atoms with E-state index in [4.69, 9.17) is 11.6 Å². The molecule has 1 radical (unpaired) electrons. The van der Waals surface area contributed by atoms with Crippen LogP contribution < -0.4 is 0 Å². The Bertz CT molecular complexity index is 271. The summed E-state index contributed by atoms with van der Waals surface area (Å²) in [6, 6.07) is 6.23. The van der Waals surface area contributed by atoms with Gasteiger partial charge in [-0.3, -0.25) is 0 Å². The van der Waals surface area contributed by atoms with Crippen LogP contribution in [0.5, 0.6) is 0 Å². The zero-order chi connectivity index (χ0) is 9.68. The maximum absolute atomic E-state index is 6.04. The fourth-order valence-corrected chi connectivity index (χ4v) is 1.92. The van der Waals surface area contributed by atoms with E-state index in [2.05, 4.69) is 35.0 Å². The predicted octanol–water partition coefficient (Wildman–Crippen LogP) is 4.04. The number of hydrogen-bond donors (Lipinski definition) is 0. The van der Waals surface area contributed by atoms with Gasteiger partial charge >= 0.3 is 0 Å². The van der Waals surface area contributed by atoms with Gasteiger partial charge in [0.2, 0.25) is 0 Å². The third-order valence-electron chi connectivity index (χ3n) is 1.94. The summed E-state index contributed by atoms with van der Waals surface area (Å²) in [5, 5.41) is 1.83. The number of halogens is 2. The summed E-state index contributed by atoms with van der Waals surface area (Å²) in [4.78, 5) is 0. The molecule has 0 bridgehead atoms. The lowest BCUT2D eigenvalue weighted by molar-refractivity contribution is 0.990. The quantitative estimate of drug-likeness (QED) is 0.717. The highest BCUT2D eigenvalue weighted by molar-refractivity contribution is 9.09. The average Bonchev–Trinajstić information content (AvgIpc) is 2.12. The SMILES string of the molecule is [CH2]CCc1ccc(Cl)c(CCBr)c1. The minimum Gasteiger partial charge on any atom is -0.0924 e. The molecule has 0 aliphatic carbocycles. The van der Waals surface area contributed by atoms with E-state index in [-0.39, 0.29) is 0 Å². The smallest absolute Gasteiger partial charge is 0.0438 e. The van der Waals surface area contributed by atoms with Gasteiger partial charge in [0, 0.05) is 10.4 Å². The van der Waals surface area contributed by atoms with Crippen molar-refractivity contribution in [3.63, 3.8) is 0 Å². The zero-order valence-electron chi connectivity index (χ0n) is 7.52. The van der Waals surface area contributed by atoms with Crippen LogP contribution >= 0.6 is 27.5 Å². The first kappa shape index (κ1) is 11.1. The maximum Gasteiger partial charge on any atom is 0.0438 e. The molecule has 0 nitrogen and oxygen atoms in total. The van der Waals surface area contributed by atoms with Crippen LogP contribution in [0.15, 0.2) is 18.2 Å². The Kier molecular flexibility index (Phi) is 4.82. The van der Waals surface area contributed by atoms with Crippen LogP contribution in [-0.2, 0) is 12.8 Å². The van der Waals surface area contributed by atoms with Gasteiger partial charge in [0.15, 0.2) is 0 Å². The van der Waals surface area contributed by atoms with Crippen LogP contribution in [-0.4, -0.2) is 5.33 Å². The average molecular weight is 261 g/mol. The molecular formula is C11H13BrCl. The molecule has 71 valence electrons. The second-order valence-corrected chi connectivity index (χ2v) is 4.17. The highest BCUT2D eigenvalue weighted by Crippen LogP contribution is 2.19. The molecule has 1 aromatic rings. The Labute approximate surface area is 93.4 Å². The highest BCUT2D eigenvalue weighted by atomic mass is 79.9. The fraction of sp³-hybridized carbons (Fsp3) is 0.364. The molecule has 0 fully saturated rings. The molecule has 0 heterocycles. The number of alkyl halides is 1. The molecule has 13 heavy (non-hydrogen) atoms. The van der Waals surface area contributed by atoms with Crippen molar-refractivity contribution in [3.05, 3.63) is 41.3 Å². The van der Waals surface area contributed by atoms with Crippen LogP contribution in [0.3, 0.4) is 0 Å². The molecule has 0 aromatic heterocycles. The largest absolute Gasteiger partial charge is 0.0924 e. The highest BCUT2D eigenvalue weighted by Gasteiger charge is 2.00. The molecule has 0 atom stereocenters. The summed E-state index contributed by atoms with van der Waals surface area (Å²) in [6.07, 6.45) is 2.96. The van der Waals surface area contributed by atoms with Crippen molar-refractivity contribution in [1.82, 2.24) is 0 Å². The van der Waals surface area contributed by atoms with Gasteiger partial charge in [0.25, 0.3) is 0 Å². The molecule has 0 aliphatic rings. The number of rotatable bonds is 4. The summed E-state index contributed by atoms with van der Waals surface area (Å²) < 4.78 is 0. The molecule has 0 N–H and O–H groups in total. The van der Waals surface area contributed by atoms with Gasteiger partial charge in [-0.2, -0.15) is 0 Å². The Hall–Kier alpha value is -0.0100. The molecule has 1 aromatic carbocycles. The number of hydrogen-bond acceptors (Lipinski definition) is 0. The van der Waals surface area contributed by atoms with Crippen molar-refractivity contribution in [2.24, 2.45) is 0 Å². The van der Waals surface area contributed by atoms with E-state index >= 15 is 0 Å². The second-order valence-electron chi connectivity index (χ2n) is 2.97. The molecule has 0 aliphatic heterocycles. The molecule has 0 unspecified atom stereocenters. The van der Waals surface area contributed by atoms with Crippen molar-refractivity contribution >= 4 is 27.5 Å². The van der Waals surface area contributed by atoms with Gasteiger partial charge in [0.05, 0.1) is 0 Å². The standard InChI is InChI=1S/C11H13BrCl/c1-2-3-9-4-5-11(13)10(8-9)6-7-12/h4-5,8H,1-3,6-7H2. The molecule has 0 saturated carbocycles. The molecule has 0 saturated heterocycles. The molecule has 2 heteroatoms. The lowest BCUT2D eigenvalue weighted by Crippen LogP contribution is -1.91. The fourth-order valence-electron chi connectivity index (χ4n) is 1.28. The van der Waals surface area contributed by atoms with E-state index in [0.717, 1.165) is 29.6 Å². The summed E-state index contributed by atoms with van der Waals surface area (Å²) >= 11 is 9.45. The van der Waals surface area contributed by atoms with Gasteiger partial charge in [-0.1, -0.05) is 46.6 Å². The minimum atomic E-state index is 0.868. The Morgan fingerprint density at radius 2 is 2.08 bits per heavy atom. The van der Waals surface area contributed by atoms with E-state index in [9.17, 15) is 0 Å². The van der Waals surface area contributed by atoms with Gasteiger partial charge in [0.1, 0.15) is 0 Å².